The fourth-order valence-electron chi connectivity index (χ4n) is 3.72. The Bertz CT molecular complexity index is 378. The maximum atomic E-state index is 12.6. The number of amides is 2. The van der Waals surface area contributed by atoms with E-state index in [1.54, 1.807) is 0 Å². The lowest BCUT2D eigenvalue weighted by atomic mass is 9.82. The van der Waals surface area contributed by atoms with Crippen LogP contribution >= 0.6 is 0 Å². The molecule has 2 saturated heterocycles. The highest BCUT2D eigenvalue weighted by Gasteiger charge is 2.46. The molecule has 0 N–H and O–H groups in total. The van der Waals surface area contributed by atoms with Gasteiger partial charge < -0.3 is 9.80 Å². The van der Waals surface area contributed by atoms with Crippen LogP contribution in [0.25, 0.3) is 0 Å². The van der Waals surface area contributed by atoms with Crippen LogP contribution in [-0.2, 0) is 9.59 Å². The monoisotopic (exact) mass is 264 g/mol. The SMILES string of the molecule is CCC1C(=O)N2CCCC2C(=O)N1CCC1CCC1. The number of carbonyl (C=O) groups excluding carboxylic acids is 2. The van der Waals surface area contributed by atoms with E-state index in [0.29, 0.717) is 0 Å². The lowest BCUT2D eigenvalue weighted by Gasteiger charge is -2.43. The highest BCUT2D eigenvalue weighted by atomic mass is 16.2. The molecule has 3 rings (SSSR count). The van der Waals surface area contributed by atoms with Gasteiger partial charge in [0.25, 0.3) is 0 Å². The zero-order valence-electron chi connectivity index (χ0n) is 11.8. The molecule has 3 fully saturated rings. The van der Waals surface area contributed by atoms with Gasteiger partial charge in [-0.2, -0.15) is 0 Å². The van der Waals surface area contributed by atoms with Gasteiger partial charge in [0.1, 0.15) is 12.1 Å². The summed E-state index contributed by atoms with van der Waals surface area (Å²) in [5.41, 5.74) is 0. The van der Waals surface area contributed by atoms with E-state index in [0.717, 1.165) is 44.7 Å². The smallest absolute Gasteiger partial charge is 0.246 e. The van der Waals surface area contributed by atoms with Crippen molar-refractivity contribution in [3.8, 4) is 0 Å². The van der Waals surface area contributed by atoms with Gasteiger partial charge in [-0.25, -0.2) is 0 Å². The number of carbonyl (C=O) groups is 2. The first-order valence-electron chi connectivity index (χ1n) is 7.83. The summed E-state index contributed by atoms with van der Waals surface area (Å²) in [5, 5.41) is 0. The van der Waals surface area contributed by atoms with Crippen LogP contribution in [0.2, 0.25) is 0 Å². The zero-order chi connectivity index (χ0) is 13.4. The number of rotatable bonds is 4. The highest BCUT2D eigenvalue weighted by molar-refractivity contribution is 5.97. The molecule has 2 heterocycles. The van der Waals surface area contributed by atoms with Crippen LogP contribution in [0.4, 0.5) is 0 Å². The number of hydrogen-bond acceptors (Lipinski definition) is 2. The molecule has 0 aromatic heterocycles. The maximum absolute atomic E-state index is 12.6. The van der Waals surface area contributed by atoms with E-state index >= 15 is 0 Å². The molecule has 4 heteroatoms. The second-order valence-corrected chi connectivity index (χ2v) is 6.23. The average Bonchev–Trinajstić information content (AvgIpc) is 2.83. The maximum Gasteiger partial charge on any atom is 0.246 e. The van der Waals surface area contributed by atoms with Gasteiger partial charge in [0.05, 0.1) is 0 Å². The fourth-order valence-corrected chi connectivity index (χ4v) is 3.72. The molecule has 2 unspecified atom stereocenters. The molecule has 1 aliphatic carbocycles. The quantitative estimate of drug-likeness (QED) is 0.776. The molecular weight excluding hydrogens is 240 g/mol. The predicted octanol–water partition coefficient (Wildman–Crippen LogP) is 1.79. The fraction of sp³-hybridized carbons (Fsp3) is 0.867. The summed E-state index contributed by atoms with van der Waals surface area (Å²) in [6, 6.07) is -0.335. The van der Waals surface area contributed by atoms with Crippen molar-refractivity contribution in [2.75, 3.05) is 13.1 Å². The van der Waals surface area contributed by atoms with Gasteiger partial charge in [-0.15, -0.1) is 0 Å². The lowest BCUT2D eigenvalue weighted by molar-refractivity contribution is -0.159. The molecule has 2 aliphatic heterocycles. The van der Waals surface area contributed by atoms with E-state index in [2.05, 4.69) is 0 Å². The second-order valence-electron chi connectivity index (χ2n) is 6.23. The van der Waals surface area contributed by atoms with Crippen LogP contribution in [0.5, 0.6) is 0 Å². The van der Waals surface area contributed by atoms with Gasteiger partial charge >= 0.3 is 0 Å². The Labute approximate surface area is 115 Å². The second kappa shape index (κ2) is 5.14. The standard InChI is InChI=1S/C15H24N2O2/c1-2-12-14(18)16-9-4-7-13(16)15(19)17(12)10-8-11-5-3-6-11/h11-13H,2-10H2,1H3. The van der Waals surface area contributed by atoms with Crippen molar-refractivity contribution in [2.45, 2.75) is 64.0 Å². The average molecular weight is 264 g/mol. The minimum atomic E-state index is -0.193. The number of fused-ring (bicyclic) bond motifs is 1. The van der Waals surface area contributed by atoms with E-state index in [4.69, 9.17) is 0 Å². The molecule has 1 saturated carbocycles. The van der Waals surface area contributed by atoms with Crippen LogP contribution in [0.15, 0.2) is 0 Å². The molecule has 0 spiro atoms. The third-order valence-electron chi connectivity index (χ3n) is 5.15. The van der Waals surface area contributed by atoms with Crippen LogP contribution < -0.4 is 0 Å². The molecule has 3 aliphatic rings. The summed E-state index contributed by atoms with van der Waals surface area (Å²) in [6.07, 6.45) is 7.63. The van der Waals surface area contributed by atoms with E-state index in [1.165, 1.54) is 19.3 Å². The first-order valence-corrected chi connectivity index (χ1v) is 7.83. The lowest BCUT2D eigenvalue weighted by Crippen LogP contribution is -2.62. The molecule has 2 amide bonds. The third kappa shape index (κ3) is 2.15. The Balaban J connectivity index is 1.71. The van der Waals surface area contributed by atoms with Crippen LogP contribution in [0.1, 0.15) is 51.9 Å². The van der Waals surface area contributed by atoms with Crippen molar-refractivity contribution in [3.63, 3.8) is 0 Å². The van der Waals surface area contributed by atoms with Crippen molar-refractivity contribution in [3.05, 3.63) is 0 Å². The van der Waals surface area contributed by atoms with Crippen molar-refractivity contribution in [1.29, 1.82) is 0 Å². The van der Waals surface area contributed by atoms with Crippen molar-refractivity contribution in [1.82, 2.24) is 9.80 Å². The molecule has 0 bridgehead atoms. The summed E-state index contributed by atoms with van der Waals surface area (Å²) in [5.74, 6) is 1.20. The summed E-state index contributed by atoms with van der Waals surface area (Å²) < 4.78 is 0. The van der Waals surface area contributed by atoms with Gasteiger partial charge in [-0.05, 0) is 31.6 Å². The van der Waals surface area contributed by atoms with Gasteiger partial charge in [-0.1, -0.05) is 26.2 Å². The van der Waals surface area contributed by atoms with E-state index in [1.807, 2.05) is 16.7 Å². The molecule has 0 aromatic rings. The van der Waals surface area contributed by atoms with Gasteiger partial charge in [0, 0.05) is 13.1 Å². The van der Waals surface area contributed by atoms with E-state index in [9.17, 15) is 9.59 Å². The molecule has 0 radical (unpaired) electrons. The highest BCUT2D eigenvalue weighted by Crippen LogP contribution is 2.32. The van der Waals surface area contributed by atoms with Crippen LogP contribution in [0, 0.1) is 5.92 Å². The number of hydrogen-bond donors (Lipinski definition) is 0. The molecule has 0 aromatic carbocycles. The Morgan fingerprint density at radius 2 is 1.89 bits per heavy atom. The minimum absolute atomic E-state index is 0.142. The largest absolute Gasteiger partial charge is 0.329 e. The molecule has 19 heavy (non-hydrogen) atoms. The molecule has 2 atom stereocenters. The predicted molar refractivity (Wildman–Crippen MR) is 72.5 cm³/mol. The summed E-state index contributed by atoms with van der Waals surface area (Å²) >= 11 is 0. The van der Waals surface area contributed by atoms with Crippen LogP contribution in [-0.4, -0.2) is 46.8 Å². The Morgan fingerprint density at radius 3 is 2.53 bits per heavy atom. The van der Waals surface area contributed by atoms with Crippen LogP contribution in [0.3, 0.4) is 0 Å². The Kier molecular flexibility index (Phi) is 3.50. The summed E-state index contributed by atoms with van der Waals surface area (Å²) in [4.78, 5) is 28.8. The molecular formula is C15H24N2O2. The van der Waals surface area contributed by atoms with Gasteiger partial charge in [-0.3, -0.25) is 9.59 Å². The van der Waals surface area contributed by atoms with Crippen molar-refractivity contribution < 1.29 is 9.59 Å². The zero-order valence-corrected chi connectivity index (χ0v) is 11.8. The van der Waals surface area contributed by atoms with E-state index in [-0.39, 0.29) is 23.9 Å². The van der Waals surface area contributed by atoms with Crippen molar-refractivity contribution in [2.24, 2.45) is 5.92 Å². The molecule has 4 nitrogen and oxygen atoms in total. The summed E-state index contributed by atoms with van der Waals surface area (Å²) in [6.45, 7) is 3.59. The van der Waals surface area contributed by atoms with E-state index < -0.39 is 0 Å². The summed E-state index contributed by atoms with van der Waals surface area (Å²) in [7, 11) is 0. The van der Waals surface area contributed by atoms with Gasteiger partial charge in [0.2, 0.25) is 11.8 Å². The Hall–Kier alpha value is -1.06. The minimum Gasteiger partial charge on any atom is -0.329 e. The van der Waals surface area contributed by atoms with Crippen molar-refractivity contribution >= 4 is 11.8 Å². The Morgan fingerprint density at radius 1 is 1.11 bits per heavy atom. The normalized spacial score (nSPS) is 31.6. The van der Waals surface area contributed by atoms with Gasteiger partial charge in [0.15, 0.2) is 0 Å². The topological polar surface area (TPSA) is 40.6 Å². The molecule has 106 valence electrons. The first kappa shape index (κ1) is 12.9. The number of piperazine rings is 1. The number of nitrogens with zero attached hydrogens (tertiary/aromatic N) is 2. The third-order valence-corrected chi connectivity index (χ3v) is 5.15. The first-order chi connectivity index (χ1) is 9.22.